The molecule has 0 aromatic rings. The molecule has 0 amide bonds. The van der Waals surface area contributed by atoms with Gasteiger partial charge < -0.3 is 10.2 Å². The first-order valence-corrected chi connectivity index (χ1v) is 7.22. The van der Waals surface area contributed by atoms with Crippen molar-refractivity contribution in [1.82, 2.24) is 0 Å². The molecule has 114 valence electrons. The molecule has 0 aromatic heterocycles. The van der Waals surface area contributed by atoms with E-state index < -0.39 is 18.0 Å². The van der Waals surface area contributed by atoms with Gasteiger partial charge in [0.2, 0.25) is 0 Å². The maximum absolute atomic E-state index is 12.8. The normalized spacial score (nSPS) is 13.5. The van der Waals surface area contributed by atoms with Crippen molar-refractivity contribution in [3.63, 3.8) is 0 Å². The van der Waals surface area contributed by atoms with E-state index in [0.29, 0.717) is 6.42 Å². The Bertz CT molecular complexity index is 245. The molecule has 0 rings (SSSR count). The predicted molar refractivity (Wildman–Crippen MR) is 70.4 cm³/mol. The molecule has 5 heteroatoms. The molecule has 0 heterocycles. The Morgan fingerprint density at radius 3 is 1.84 bits per heavy atom. The zero-order chi connectivity index (χ0) is 14.7. The number of rotatable bonds is 12. The third-order valence-electron chi connectivity index (χ3n) is 3.28. The number of alkyl halides is 2. The van der Waals surface area contributed by atoms with Gasteiger partial charge >= 0.3 is 11.9 Å². The lowest BCUT2D eigenvalue weighted by molar-refractivity contribution is -0.182. The molecule has 0 spiro atoms. The van der Waals surface area contributed by atoms with Crippen LogP contribution < -0.4 is 0 Å². The highest BCUT2D eigenvalue weighted by Gasteiger charge is 2.46. The van der Waals surface area contributed by atoms with Crippen LogP contribution in [0.25, 0.3) is 0 Å². The number of carboxylic acids is 1. The molecule has 0 aliphatic heterocycles. The number of hydrogen-bond donors (Lipinski definition) is 2. The Labute approximate surface area is 114 Å². The SMILES string of the molecule is CCCCCCCCCCC[C@@H](O)C(F)(F)C(=O)O. The van der Waals surface area contributed by atoms with Gasteiger partial charge in [-0.05, 0) is 6.42 Å². The first-order valence-electron chi connectivity index (χ1n) is 7.22. The van der Waals surface area contributed by atoms with Crippen LogP contribution in [0.1, 0.15) is 71.1 Å². The van der Waals surface area contributed by atoms with E-state index in [1.807, 2.05) is 0 Å². The summed E-state index contributed by atoms with van der Waals surface area (Å²) < 4.78 is 25.7. The maximum atomic E-state index is 12.8. The van der Waals surface area contributed by atoms with Gasteiger partial charge in [-0.15, -0.1) is 0 Å². The van der Waals surface area contributed by atoms with Crippen LogP contribution >= 0.6 is 0 Å². The second kappa shape index (κ2) is 10.1. The van der Waals surface area contributed by atoms with E-state index in [1.54, 1.807) is 0 Å². The molecule has 0 bridgehead atoms. The third-order valence-corrected chi connectivity index (χ3v) is 3.28. The molecule has 0 aliphatic carbocycles. The van der Waals surface area contributed by atoms with Gasteiger partial charge in [-0.1, -0.05) is 64.7 Å². The second-order valence-corrected chi connectivity index (χ2v) is 5.06. The number of aliphatic carboxylic acids is 1. The summed E-state index contributed by atoms with van der Waals surface area (Å²) in [7, 11) is 0. The standard InChI is InChI=1S/C14H26F2O3/c1-2-3-4-5-6-7-8-9-10-11-12(17)14(15,16)13(18)19/h12,17H,2-11H2,1H3,(H,18,19)/t12-/m1/s1. The van der Waals surface area contributed by atoms with Crippen molar-refractivity contribution < 1.29 is 23.8 Å². The number of aliphatic hydroxyl groups excluding tert-OH is 1. The lowest BCUT2D eigenvalue weighted by Crippen LogP contribution is -2.41. The molecule has 2 N–H and O–H groups in total. The first kappa shape index (κ1) is 18.3. The third kappa shape index (κ3) is 8.14. The first-order chi connectivity index (χ1) is 8.92. The smallest absolute Gasteiger partial charge is 0.377 e. The van der Waals surface area contributed by atoms with Crippen LogP contribution in [0.15, 0.2) is 0 Å². The van der Waals surface area contributed by atoms with Gasteiger partial charge in [-0.25, -0.2) is 4.79 Å². The highest BCUT2D eigenvalue weighted by Crippen LogP contribution is 2.23. The minimum absolute atomic E-state index is 0.158. The van der Waals surface area contributed by atoms with Crippen molar-refractivity contribution in [3.05, 3.63) is 0 Å². The zero-order valence-corrected chi connectivity index (χ0v) is 11.7. The number of carboxylic acid groups (broad SMARTS) is 1. The van der Waals surface area contributed by atoms with E-state index in [-0.39, 0.29) is 6.42 Å². The molecule has 0 fully saturated rings. The highest BCUT2D eigenvalue weighted by molar-refractivity contribution is 5.76. The average molecular weight is 280 g/mol. The van der Waals surface area contributed by atoms with E-state index >= 15 is 0 Å². The molecule has 0 aliphatic rings. The van der Waals surface area contributed by atoms with Gasteiger partial charge in [-0.3, -0.25) is 0 Å². The molecule has 0 saturated carbocycles. The molecule has 0 unspecified atom stereocenters. The molecule has 0 aromatic carbocycles. The summed E-state index contributed by atoms with van der Waals surface area (Å²) in [6.07, 6.45) is 7.11. The van der Waals surface area contributed by atoms with Crippen LogP contribution in [0.5, 0.6) is 0 Å². The fourth-order valence-corrected chi connectivity index (χ4v) is 1.97. The van der Waals surface area contributed by atoms with Gasteiger partial charge in [0.05, 0.1) is 0 Å². The van der Waals surface area contributed by atoms with Crippen molar-refractivity contribution in [3.8, 4) is 0 Å². The van der Waals surface area contributed by atoms with Crippen LogP contribution in [0.4, 0.5) is 8.78 Å². The number of carbonyl (C=O) groups is 1. The van der Waals surface area contributed by atoms with Crippen molar-refractivity contribution in [1.29, 1.82) is 0 Å². The Morgan fingerprint density at radius 2 is 1.42 bits per heavy atom. The maximum Gasteiger partial charge on any atom is 0.377 e. The minimum Gasteiger partial charge on any atom is -0.477 e. The fourth-order valence-electron chi connectivity index (χ4n) is 1.97. The van der Waals surface area contributed by atoms with Crippen LogP contribution in [0.2, 0.25) is 0 Å². The van der Waals surface area contributed by atoms with Crippen LogP contribution in [-0.4, -0.2) is 28.2 Å². The number of unbranched alkanes of at least 4 members (excludes halogenated alkanes) is 8. The summed E-state index contributed by atoms with van der Waals surface area (Å²) in [6.45, 7) is 2.16. The van der Waals surface area contributed by atoms with Gasteiger partial charge in [0, 0.05) is 0 Å². The summed E-state index contributed by atoms with van der Waals surface area (Å²) in [6, 6.07) is 0. The van der Waals surface area contributed by atoms with Gasteiger partial charge in [0.1, 0.15) is 6.10 Å². The number of hydrogen-bond acceptors (Lipinski definition) is 2. The van der Waals surface area contributed by atoms with E-state index in [1.165, 1.54) is 25.7 Å². The molecule has 0 radical (unpaired) electrons. The van der Waals surface area contributed by atoms with Gasteiger partial charge in [0.15, 0.2) is 0 Å². The summed E-state index contributed by atoms with van der Waals surface area (Å²) in [5, 5.41) is 17.4. The Hall–Kier alpha value is -0.710. The monoisotopic (exact) mass is 280 g/mol. The quantitative estimate of drug-likeness (QED) is 0.531. The van der Waals surface area contributed by atoms with Crippen LogP contribution in [0.3, 0.4) is 0 Å². The average Bonchev–Trinajstić information content (AvgIpc) is 2.36. The highest BCUT2D eigenvalue weighted by atomic mass is 19.3. The molecular formula is C14H26F2O3. The largest absolute Gasteiger partial charge is 0.477 e. The summed E-state index contributed by atoms with van der Waals surface area (Å²) in [5.74, 6) is -6.28. The Balaban J connectivity index is 3.47. The van der Waals surface area contributed by atoms with Gasteiger partial charge in [0.25, 0.3) is 0 Å². The van der Waals surface area contributed by atoms with Crippen molar-refractivity contribution >= 4 is 5.97 Å². The molecule has 3 nitrogen and oxygen atoms in total. The topological polar surface area (TPSA) is 57.5 Å². The van der Waals surface area contributed by atoms with E-state index in [2.05, 4.69) is 6.92 Å². The Morgan fingerprint density at radius 1 is 1.00 bits per heavy atom. The van der Waals surface area contributed by atoms with Crippen LogP contribution in [-0.2, 0) is 4.79 Å². The van der Waals surface area contributed by atoms with Crippen molar-refractivity contribution in [2.24, 2.45) is 0 Å². The number of aliphatic hydroxyl groups is 1. The summed E-state index contributed by atoms with van der Waals surface area (Å²) in [5.41, 5.74) is 0. The fraction of sp³-hybridized carbons (Fsp3) is 0.929. The predicted octanol–water partition coefficient (Wildman–Crippen LogP) is 3.99. The summed E-state index contributed by atoms with van der Waals surface area (Å²) in [4.78, 5) is 10.2. The van der Waals surface area contributed by atoms with Crippen molar-refractivity contribution in [2.45, 2.75) is 83.2 Å². The molecule has 19 heavy (non-hydrogen) atoms. The lowest BCUT2D eigenvalue weighted by atomic mass is 10.0. The minimum atomic E-state index is -4.03. The molecular weight excluding hydrogens is 254 g/mol. The summed E-state index contributed by atoms with van der Waals surface area (Å²) >= 11 is 0. The van der Waals surface area contributed by atoms with E-state index in [0.717, 1.165) is 25.7 Å². The Kier molecular flexibility index (Phi) is 9.74. The molecule has 1 atom stereocenters. The number of halogens is 2. The van der Waals surface area contributed by atoms with E-state index in [9.17, 15) is 13.6 Å². The van der Waals surface area contributed by atoms with Crippen LogP contribution in [0, 0.1) is 0 Å². The second-order valence-electron chi connectivity index (χ2n) is 5.06. The van der Waals surface area contributed by atoms with E-state index in [4.69, 9.17) is 10.2 Å². The van der Waals surface area contributed by atoms with Gasteiger partial charge in [-0.2, -0.15) is 8.78 Å². The molecule has 0 saturated heterocycles. The van der Waals surface area contributed by atoms with Crippen molar-refractivity contribution in [2.75, 3.05) is 0 Å². The lowest BCUT2D eigenvalue weighted by Gasteiger charge is -2.17. The zero-order valence-electron chi connectivity index (χ0n) is 11.7.